The van der Waals surface area contributed by atoms with Gasteiger partial charge in [0.15, 0.2) is 0 Å². The first-order valence-corrected chi connectivity index (χ1v) is 9.59. The van der Waals surface area contributed by atoms with E-state index in [9.17, 15) is 4.79 Å². The molecule has 4 nitrogen and oxygen atoms in total. The lowest BCUT2D eigenvalue weighted by Gasteiger charge is -2.17. The van der Waals surface area contributed by atoms with Crippen molar-refractivity contribution in [3.8, 4) is 10.6 Å². The molecule has 0 saturated carbocycles. The largest absolute Gasteiger partial charge is 0.356 e. The molecule has 1 aromatic carbocycles. The highest BCUT2D eigenvalue weighted by molar-refractivity contribution is 7.13. The van der Waals surface area contributed by atoms with Crippen LogP contribution < -0.4 is 5.32 Å². The highest BCUT2D eigenvalue weighted by Gasteiger charge is 2.08. The lowest BCUT2D eigenvalue weighted by Crippen LogP contribution is -2.28. The molecule has 0 atom stereocenters. The molecule has 0 saturated heterocycles. The van der Waals surface area contributed by atoms with E-state index in [0.29, 0.717) is 6.42 Å². The topological polar surface area (TPSA) is 45.2 Å². The van der Waals surface area contributed by atoms with Gasteiger partial charge in [0.2, 0.25) is 5.91 Å². The number of benzene rings is 1. The second-order valence-electron chi connectivity index (χ2n) is 5.77. The van der Waals surface area contributed by atoms with E-state index in [4.69, 9.17) is 0 Å². The third-order valence-electron chi connectivity index (χ3n) is 4.03. The fourth-order valence-corrected chi connectivity index (χ4v) is 3.38. The van der Waals surface area contributed by atoms with Gasteiger partial charge in [-0.3, -0.25) is 4.79 Å². The first-order valence-electron chi connectivity index (χ1n) is 8.71. The predicted octanol–water partition coefficient (Wildman–Crippen LogP) is 3.59. The standard InChI is InChI=1S/C19H27N3OS/c1-3-22(4-2)13-9-8-12-20-18(23)14-17-15-24-19(21-17)16-10-6-5-7-11-16/h5-7,10-11,15H,3-4,8-9,12-14H2,1-2H3,(H,20,23). The van der Waals surface area contributed by atoms with Crippen LogP contribution in [0.5, 0.6) is 0 Å². The number of nitrogens with zero attached hydrogens (tertiary/aromatic N) is 2. The molecule has 0 aliphatic rings. The van der Waals surface area contributed by atoms with Crippen molar-refractivity contribution < 1.29 is 4.79 Å². The van der Waals surface area contributed by atoms with Crippen LogP contribution in [0.15, 0.2) is 35.7 Å². The summed E-state index contributed by atoms with van der Waals surface area (Å²) < 4.78 is 0. The monoisotopic (exact) mass is 345 g/mol. The molecule has 1 heterocycles. The highest BCUT2D eigenvalue weighted by Crippen LogP contribution is 2.23. The minimum absolute atomic E-state index is 0.0581. The average Bonchev–Trinajstić information content (AvgIpc) is 3.07. The molecule has 5 heteroatoms. The quantitative estimate of drug-likeness (QED) is 0.669. The smallest absolute Gasteiger partial charge is 0.226 e. The van der Waals surface area contributed by atoms with Gasteiger partial charge in [-0.2, -0.15) is 0 Å². The average molecular weight is 346 g/mol. The molecule has 1 N–H and O–H groups in total. The van der Waals surface area contributed by atoms with E-state index in [1.165, 1.54) is 0 Å². The Morgan fingerprint density at radius 3 is 2.62 bits per heavy atom. The van der Waals surface area contributed by atoms with E-state index >= 15 is 0 Å². The molecule has 130 valence electrons. The number of rotatable bonds is 10. The molecule has 0 spiro atoms. The number of carbonyl (C=O) groups is 1. The number of hydrogen-bond donors (Lipinski definition) is 1. The number of hydrogen-bond acceptors (Lipinski definition) is 4. The molecule has 0 aliphatic carbocycles. The summed E-state index contributed by atoms with van der Waals surface area (Å²) in [5.41, 5.74) is 1.95. The van der Waals surface area contributed by atoms with E-state index in [1.54, 1.807) is 11.3 Å². The fourth-order valence-electron chi connectivity index (χ4n) is 2.56. The van der Waals surface area contributed by atoms with E-state index in [2.05, 4.69) is 29.0 Å². The van der Waals surface area contributed by atoms with Crippen molar-refractivity contribution in [2.45, 2.75) is 33.1 Å². The van der Waals surface area contributed by atoms with Gasteiger partial charge in [-0.05, 0) is 32.5 Å². The zero-order chi connectivity index (χ0) is 17.2. The summed E-state index contributed by atoms with van der Waals surface area (Å²) in [6.45, 7) is 8.41. The number of thiazole rings is 1. The Bertz CT molecular complexity index is 608. The first-order chi connectivity index (χ1) is 11.7. The fraction of sp³-hybridized carbons (Fsp3) is 0.474. The molecule has 2 rings (SSSR count). The third kappa shape index (κ3) is 6.06. The van der Waals surface area contributed by atoms with E-state index in [0.717, 1.165) is 55.3 Å². The Hall–Kier alpha value is -1.72. The van der Waals surface area contributed by atoms with Crippen molar-refractivity contribution in [3.05, 3.63) is 41.4 Å². The number of nitrogens with one attached hydrogen (secondary N) is 1. The van der Waals surface area contributed by atoms with Crippen molar-refractivity contribution in [1.82, 2.24) is 15.2 Å². The number of amides is 1. The van der Waals surface area contributed by atoms with Gasteiger partial charge >= 0.3 is 0 Å². The predicted molar refractivity (Wildman–Crippen MR) is 101 cm³/mol. The van der Waals surface area contributed by atoms with Gasteiger partial charge in [-0.25, -0.2) is 4.98 Å². The number of carbonyl (C=O) groups excluding carboxylic acids is 1. The molecule has 0 aliphatic heterocycles. The Balaban J connectivity index is 1.69. The summed E-state index contributed by atoms with van der Waals surface area (Å²) in [6, 6.07) is 10.1. The van der Waals surface area contributed by atoms with Crippen LogP contribution in [0.2, 0.25) is 0 Å². The van der Waals surface area contributed by atoms with Crippen molar-refractivity contribution in [1.29, 1.82) is 0 Å². The van der Waals surface area contributed by atoms with Gasteiger partial charge < -0.3 is 10.2 Å². The van der Waals surface area contributed by atoms with Crippen LogP contribution in [-0.2, 0) is 11.2 Å². The summed E-state index contributed by atoms with van der Waals surface area (Å²) in [7, 11) is 0. The molecule has 24 heavy (non-hydrogen) atoms. The molecular weight excluding hydrogens is 318 g/mol. The molecule has 0 radical (unpaired) electrons. The number of aromatic nitrogens is 1. The SMILES string of the molecule is CCN(CC)CCCCNC(=O)Cc1csc(-c2ccccc2)n1. The highest BCUT2D eigenvalue weighted by atomic mass is 32.1. The second kappa shape index (κ2) is 10.2. The van der Waals surface area contributed by atoms with Crippen LogP contribution in [0.25, 0.3) is 10.6 Å². The maximum Gasteiger partial charge on any atom is 0.226 e. The lowest BCUT2D eigenvalue weighted by molar-refractivity contribution is -0.120. The van der Waals surface area contributed by atoms with Crippen LogP contribution in [-0.4, -0.2) is 42.0 Å². The zero-order valence-corrected chi connectivity index (χ0v) is 15.4. The van der Waals surface area contributed by atoms with Crippen LogP contribution in [0, 0.1) is 0 Å². The minimum atomic E-state index is 0.0581. The van der Waals surface area contributed by atoms with Crippen molar-refractivity contribution in [3.63, 3.8) is 0 Å². The van der Waals surface area contributed by atoms with Gasteiger partial charge in [0, 0.05) is 17.5 Å². The van der Waals surface area contributed by atoms with E-state index in [1.807, 2.05) is 35.7 Å². The van der Waals surface area contributed by atoms with E-state index in [-0.39, 0.29) is 5.91 Å². The van der Waals surface area contributed by atoms with Gasteiger partial charge in [-0.1, -0.05) is 44.2 Å². The Labute approximate surface area is 148 Å². The van der Waals surface area contributed by atoms with Gasteiger partial charge in [-0.15, -0.1) is 11.3 Å². The maximum atomic E-state index is 12.0. The van der Waals surface area contributed by atoms with Crippen molar-refractivity contribution in [2.75, 3.05) is 26.2 Å². The Kier molecular flexibility index (Phi) is 7.92. The van der Waals surface area contributed by atoms with Gasteiger partial charge in [0.05, 0.1) is 12.1 Å². The summed E-state index contributed by atoms with van der Waals surface area (Å²) >= 11 is 1.59. The van der Waals surface area contributed by atoms with Crippen LogP contribution >= 0.6 is 11.3 Å². The second-order valence-corrected chi connectivity index (χ2v) is 6.63. The summed E-state index contributed by atoms with van der Waals surface area (Å²) in [4.78, 5) is 19.0. The summed E-state index contributed by atoms with van der Waals surface area (Å²) in [5, 5.41) is 5.94. The Morgan fingerprint density at radius 1 is 1.17 bits per heavy atom. The van der Waals surface area contributed by atoms with Crippen molar-refractivity contribution in [2.24, 2.45) is 0 Å². The first kappa shape index (κ1) is 18.6. The minimum Gasteiger partial charge on any atom is -0.356 e. The Morgan fingerprint density at radius 2 is 1.92 bits per heavy atom. The molecule has 0 fully saturated rings. The van der Waals surface area contributed by atoms with Crippen LogP contribution in [0.3, 0.4) is 0 Å². The van der Waals surface area contributed by atoms with Crippen LogP contribution in [0.1, 0.15) is 32.4 Å². The number of unbranched alkanes of at least 4 members (excludes halogenated alkanes) is 1. The van der Waals surface area contributed by atoms with Crippen LogP contribution in [0.4, 0.5) is 0 Å². The molecule has 1 aromatic heterocycles. The third-order valence-corrected chi connectivity index (χ3v) is 4.97. The van der Waals surface area contributed by atoms with Crippen molar-refractivity contribution >= 4 is 17.2 Å². The van der Waals surface area contributed by atoms with E-state index < -0.39 is 0 Å². The lowest BCUT2D eigenvalue weighted by atomic mass is 10.2. The zero-order valence-electron chi connectivity index (χ0n) is 14.6. The summed E-state index contributed by atoms with van der Waals surface area (Å²) in [5.74, 6) is 0.0581. The molecule has 2 aromatic rings. The summed E-state index contributed by atoms with van der Waals surface area (Å²) in [6.07, 6.45) is 2.50. The normalized spacial score (nSPS) is 11.0. The maximum absolute atomic E-state index is 12.0. The molecule has 1 amide bonds. The van der Waals surface area contributed by atoms with Gasteiger partial charge in [0.1, 0.15) is 5.01 Å². The van der Waals surface area contributed by atoms with Gasteiger partial charge in [0.25, 0.3) is 0 Å². The molecular formula is C19H27N3OS. The molecule has 0 bridgehead atoms. The molecule has 0 unspecified atom stereocenters.